The molecule has 0 aliphatic rings. The first-order valence-electron chi connectivity index (χ1n) is 11.5. The molecule has 0 unspecified atom stereocenters. The van der Waals surface area contributed by atoms with Crippen molar-refractivity contribution in [3.05, 3.63) is 94.7 Å². The summed E-state index contributed by atoms with van der Waals surface area (Å²) in [5.41, 5.74) is 5.58. The van der Waals surface area contributed by atoms with Crippen LogP contribution in [0.5, 0.6) is 0 Å². The molecule has 7 heteroatoms. The Morgan fingerprint density at radius 3 is 2.56 bits per heavy atom. The largest absolute Gasteiger partial charge is 0.335 e. The third-order valence-corrected chi connectivity index (χ3v) is 7.16. The number of hydrogen-bond donors (Lipinski definition) is 2. The monoisotopic (exact) mass is 497 g/mol. The quantitative estimate of drug-likeness (QED) is 0.282. The van der Waals surface area contributed by atoms with E-state index in [0.717, 1.165) is 37.5 Å². The summed E-state index contributed by atoms with van der Waals surface area (Å²) < 4.78 is 16.1. The number of hydrogen-bond acceptors (Lipinski definition) is 4. The number of thiophene rings is 1. The molecule has 0 aliphatic heterocycles. The molecule has 0 atom stereocenters. The van der Waals surface area contributed by atoms with Gasteiger partial charge in [0.1, 0.15) is 17.0 Å². The Morgan fingerprint density at radius 2 is 1.92 bits per heavy atom. The van der Waals surface area contributed by atoms with Crippen molar-refractivity contribution in [1.29, 1.82) is 0 Å². The van der Waals surface area contributed by atoms with Crippen LogP contribution in [0.3, 0.4) is 0 Å². The number of pyridine rings is 1. The zero-order valence-electron chi connectivity index (χ0n) is 20.9. The van der Waals surface area contributed by atoms with Crippen LogP contribution in [-0.4, -0.2) is 25.1 Å². The van der Waals surface area contributed by atoms with E-state index in [0.29, 0.717) is 27.7 Å². The number of rotatable bonds is 7. The van der Waals surface area contributed by atoms with E-state index in [1.54, 1.807) is 35.9 Å². The molecule has 4 rings (SSSR count). The van der Waals surface area contributed by atoms with Gasteiger partial charge in [0.05, 0.1) is 22.3 Å². The smallest absolute Gasteiger partial charge is 0.159 e. The summed E-state index contributed by atoms with van der Waals surface area (Å²) in [6, 6.07) is 4.08. The molecule has 4 aromatic heterocycles. The second kappa shape index (κ2) is 10.3. The second-order valence-electron chi connectivity index (χ2n) is 8.34. The van der Waals surface area contributed by atoms with Crippen LogP contribution in [0.4, 0.5) is 4.39 Å². The van der Waals surface area contributed by atoms with Gasteiger partial charge in [-0.15, -0.1) is 11.3 Å². The molecule has 0 saturated carbocycles. The number of allylic oxidation sites excluding steroid dienone is 7. The van der Waals surface area contributed by atoms with Crippen molar-refractivity contribution in [2.45, 2.75) is 27.7 Å². The predicted molar refractivity (Wildman–Crippen MR) is 150 cm³/mol. The van der Waals surface area contributed by atoms with Crippen molar-refractivity contribution in [3.8, 4) is 22.0 Å². The van der Waals surface area contributed by atoms with Crippen LogP contribution in [0.25, 0.3) is 50.5 Å². The summed E-state index contributed by atoms with van der Waals surface area (Å²) >= 11 is 1.63. The Kier molecular flexibility index (Phi) is 7.12. The van der Waals surface area contributed by atoms with Crippen molar-refractivity contribution < 1.29 is 4.39 Å². The lowest BCUT2D eigenvalue weighted by atomic mass is 9.97. The molecular formula is C29H28FN5S. The molecular weight excluding hydrogens is 469 g/mol. The lowest BCUT2D eigenvalue weighted by Gasteiger charge is -2.09. The maximum Gasteiger partial charge on any atom is 0.159 e. The highest BCUT2D eigenvalue weighted by molar-refractivity contribution is 7.16. The first kappa shape index (κ1) is 25.0. The molecule has 0 fully saturated rings. The van der Waals surface area contributed by atoms with Gasteiger partial charge in [0.25, 0.3) is 0 Å². The molecule has 182 valence electrons. The van der Waals surface area contributed by atoms with Crippen LogP contribution < -0.4 is 10.6 Å². The Labute approximate surface area is 213 Å². The molecule has 0 amide bonds. The highest BCUT2D eigenvalue weighted by Crippen LogP contribution is 2.35. The molecule has 5 nitrogen and oxygen atoms in total. The molecule has 0 spiro atoms. The molecule has 0 saturated heterocycles. The van der Waals surface area contributed by atoms with Gasteiger partial charge >= 0.3 is 0 Å². The summed E-state index contributed by atoms with van der Waals surface area (Å²) in [7, 11) is 0. The zero-order chi connectivity index (χ0) is 26.0. The molecule has 4 heterocycles. The number of fused-ring (bicyclic) bond motifs is 1. The van der Waals surface area contributed by atoms with Crippen molar-refractivity contribution in [2.24, 2.45) is 0 Å². The maximum absolute atomic E-state index is 16.1. The highest BCUT2D eigenvalue weighted by Gasteiger charge is 2.19. The average molecular weight is 498 g/mol. The van der Waals surface area contributed by atoms with Crippen molar-refractivity contribution >= 4 is 39.8 Å². The standard InChI is InChI=1S/C29H28FN5S/c1-8-11-17(6)19(9-2)18(7)26(30)25-21(10-3)34-35-28(25)29-32-22-15-31-14-20(27(22)33-29)24-13-12-23(36-24)16(4)5/h8-15,34H,1,4,7H2,2-3,5-6H3,(H,32,33)/b17-11-,19-9+,21-10+,26-25-. The number of H-pyrrole nitrogens is 2. The molecule has 0 radical (unpaired) electrons. The van der Waals surface area contributed by atoms with Gasteiger partial charge in [0, 0.05) is 27.1 Å². The minimum atomic E-state index is -0.472. The summed E-state index contributed by atoms with van der Waals surface area (Å²) in [4.78, 5) is 14.6. The Hall–Kier alpha value is -4.10. The van der Waals surface area contributed by atoms with E-state index in [-0.39, 0.29) is 5.57 Å². The topological polar surface area (TPSA) is 70.2 Å². The van der Waals surface area contributed by atoms with Gasteiger partial charge in [-0.3, -0.25) is 10.1 Å². The zero-order valence-corrected chi connectivity index (χ0v) is 21.7. The van der Waals surface area contributed by atoms with Gasteiger partial charge in [-0.2, -0.15) is 5.10 Å². The van der Waals surface area contributed by atoms with E-state index in [1.165, 1.54) is 0 Å². The minimum absolute atomic E-state index is 0.267. The summed E-state index contributed by atoms with van der Waals surface area (Å²) in [6.07, 6.45) is 10.6. The lowest BCUT2D eigenvalue weighted by molar-refractivity contribution is 0.750. The van der Waals surface area contributed by atoms with Crippen LogP contribution in [0, 0.1) is 0 Å². The Bertz CT molecular complexity index is 1690. The first-order valence-corrected chi connectivity index (χ1v) is 12.3. The van der Waals surface area contributed by atoms with E-state index >= 15 is 4.39 Å². The molecule has 2 N–H and O–H groups in total. The summed E-state index contributed by atoms with van der Waals surface area (Å²) in [5.74, 6) is -0.0291. The van der Waals surface area contributed by atoms with Crippen LogP contribution in [0.1, 0.15) is 32.6 Å². The molecule has 0 aromatic carbocycles. The van der Waals surface area contributed by atoms with Crippen molar-refractivity contribution in [3.63, 3.8) is 0 Å². The SMILES string of the molecule is C=C/C=C(C)\C(=C/C)C(=C)/C(F)=c1/c(-c2nc3c(-c4ccc(C(=C)C)s4)cncc3[nH]2)n[nH]/c1=C/C. The van der Waals surface area contributed by atoms with E-state index < -0.39 is 5.83 Å². The van der Waals surface area contributed by atoms with Crippen LogP contribution >= 0.6 is 11.3 Å². The van der Waals surface area contributed by atoms with Gasteiger partial charge in [-0.25, -0.2) is 9.37 Å². The van der Waals surface area contributed by atoms with Crippen molar-refractivity contribution in [1.82, 2.24) is 25.1 Å². The van der Waals surface area contributed by atoms with E-state index in [9.17, 15) is 0 Å². The van der Waals surface area contributed by atoms with Gasteiger partial charge in [0.15, 0.2) is 5.82 Å². The number of nitrogens with one attached hydrogen (secondary N) is 2. The first-order chi connectivity index (χ1) is 17.3. The van der Waals surface area contributed by atoms with E-state index in [1.807, 2.05) is 52.0 Å². The maximum atomic E-state index is 16.1. The van der Waals surface area contributed by atoms with Gasteiger partial charge < -0.3 is 4.98 Å². The average Bonchev–Trinajstić information content (AvgIpc) is 3.61. The normalized spacial score (nSPS) is 13.9. The third kappa shape index (κ3) is 4.45. The van der Waals surface area contributed by atoms with Gasteiger partial charge in [-0.05, 0) is 56.5 Å². The number of aromatic nitrogens is 5. The minimum Gasteiger partial charge on any atom is -0.335 e. The van der Waals surface area contributed by atoms with Crippen molar-refractivity contribution in [2.75, 3.05) is 0 Å². The predicted octanol–water partition coefficient (Wildman–Crippen LogP) is 6.62. The Balaban J connectivity index is 1.92. The van der Waals surface area contributed by atoms with Gasteiger partial charge in [-0.1, -0.05) is 44.0 Å². The van der Waals surface area contributed by atoms with E-state index in [4.69, 9.17) is 4.98 Å². The number of aromatic amines is 2. The highest BCUT2D eigenvalue weighted by atomic mass is 32.1. The van der Waals surface area contributed by atoms with Crippen LogP contribution in [0.2, 0.25) is 0 Å². The molecule has 0 bridgehead atoms. The number of halogens is 1. The number of nitrogens with zero attached hydrogens (tertiary/aromatic N) is 3. The second-order valence-corrected chi connectivity index (χ2v) is 9.43. The summed E-state index contributed by atoms with van der Waals surface area (Å²) in [6.45, 7) is 19.4. The lowest BCUT2D eigenvalue weighted by Crippen LogP contribution is -2.26. The fourth-order valence-corrected chi connectivity index (χ4v) is 5.01. The summed E-state index contributed by atoms with van der Waals surface area (Å²) in [5, 5.41) is 8.21. The Morgan fingerprint density at radius 1 is 1.14 bits per heavy atom. The fraction of sp³-hybridized carbons (Fsp3) is 0.138. The molecule has 4 aromatic rings. The third-order valence-electron chi connectivity index (χ3n) is 5.88. The van der Waals surface area contributed by atoms with Crippen LogP contribution in [-0.2, 0) is 0 Å². The van der Waals surface area contributed by atoms with Gasteiger partial charge in [0.2, 0.25) is 0 Å². The fourth-order valence-electron chi connectivity index (χ4n) is 4.07. The van der Waals surface area contributed by atoms with Crippen LogP contribution in [0.15, 0.2) is 79.2 Å². The number of imidazole rings is 1. The van der Waals surface area contributed by atoms with E-state index in [2.05, 4.69) is 39.9 Å². The molecule has 0 aliphatic carbocycles. The molecule has 36 heavy (non-hydrogen) atoms.